The summed E-state index contributed by atoms with van der Waals surface area (Å²) in [6, 6.07) is 6.46. The van der Waals surface area contributed by atoms with Crippen molar-refractivity contribution in [3.05, 3.63) is 71.0 Å². The Hall–Kier alpha value is -2.68. The molecule has 14 heteroatoms. The van der Waals surface area contributed by atoms with Gasteiger partial charge in [0.2, 0.25) is 11.8 Å². The van der Waals surface area contributed by atoms with E-state index < -0.39 is 33.6 Å². The molecule has 3 rings (SSSR count). The highest BCUT2D eigenvalue weighted by atomic mass is 16.5. The molecule has 0 aromatic heterocycles. The highest BCUT2D eigenvalue weighted by Crippen LogP contribution is 2.48. The molecule has 12 radical (unpaired) electrons. The summed E-state index contributed by atoms with van der Waals surface area (Å²) in [5.41, 5.74) is 2.89. The number of rotatable bonds is 11. The molecule has 2 fully saturated rings. The molecule has 0 saturated carbocycles. The number of benzene rings is 1. The van der Waals surface area contributed by atoms with E-state index in [2.05, 4.69) is 10.6 Å². The fourth-order valence-electron chi connectivity index (χ4n) is 4.63. The van der Waals surface area contributed by atoms with E-state index in [4.69, 9.17) is 51.8 Å². The van der Waals surface area contributed by atoms with Crippen molar-refractivity contribution in [2.24, 2.45) is 0 Å². The number of piperidine rings is 1. The van der Waals surface area contributed by atoms with Crippen LogP contribution in [0.25, 0.3) is 0 Å². The zero-order valence-corrected chi connectivity index (χ0v) is 23.5. The van der Waals surface area contributed by atoms with Crippen molar-refractivity contribution in [3.63, 3.8) is 0 Å². The second-order valence-electron chi connectivity index (χ2n) is 10.5. The van der Waals surface area contributed by atoms with E-state index in [-0.39, 0.29) is 6.54 Å². The molecule has 41 heavy (non-hydrogen) atoms. The number of amides is 2. The van der Waals surface area contributed by atoms with Gasteiger partial charge in [0.05, 0.1) is 66.3 Å². The van der Waals surface area contributed by atoms with Gasteiger partial charge in [-0.25, -0.2) is 0 Å². The Labute approximate surface area is 250 Å². The van der Waals surface area contributed by atoms with E-state index in [1.165, 1.54) is 0 Å². The van der Waals surface area contributed by atoms with E-state index in [1.54, 1.807) is 43.2 Å². The Morgan fingerprint density at radius 1 is 1.22 bits per heavy atom. The van der Waals surface area contributed by atoms with Crippen LogP contribution in [0.5, 0.6) is 0 Å². The van der Waals surface area contributed by atoms with Crippen LogP contribution >= 0.6 is 0 Å². The van der Waals surface area contributed by atoms with E-state index >= 15 is 0 Å². The number of ether oxygens (including phenoxy) is 1. The van der Waals surface area contributed by atoms with E-state index in [9.17, 15) is 14.4 Å². The molecule has 1 atom stereocenters. The van der Waals surface area contributed by atoms with Crippen molar-refractivity contribution in [3.8, 4) is 0 Å². The van der Waals surface area contributed by atoms with Crippen LogP contribution < -0.4 is 10.6 Å². The van der Waals surface area contributed by atoms with Gasteiger partial charge in [0.1, 0.15) is 6.29 Å². The quantitative estimate of drug-likeness (QED) is 0.123. The molecule has 2 heterocycles. The Balaban J connectivity index is 1.80. The molecule has 1 aromatic carbocycles. The lowest BCUT2D eigenvalue weighted by molar-refractivity contribution is -0.138. The first-order valence-electron chi connectivity index (χ1n) is 13.2. The van der Waals surface area contributed by atoms with Crippen molar-refractivity contribution in [1.29, 1.82) is 0 Å². The molecular formula is C27H30B6N4O4. The maximum Gasteiger partial charge on any atom is 0.242 e. The minimum absolute atomic E-state index is 0.174. The van der Waals surface area contributed by atoms with Crippen molar-refractivity contribution >= 4 is 65.2 Å². The Morgan fingerprint density at radius 3 is 2.56 bits per heavy atom. The molecule has 2 amide bonds. The summed E-state index contributed by atoms with van der Waals surface area (Å²) in [5.74, 6) is -1.66. The maximum absolute atomic E-state index is 12.6. The highest BCUT2D eigenvalue weighted by Gasteiger charge is 2.53. The molecule has 2 N–H and O–H groups in total. The van der Waals surface area contributed by atoms with Gasteiger partial charge in [-0.3, -0.25) is 24.6 Å². The largest absolute Gasteiger partial charge is 0.381 e. The number of carbonyl (C=O) groups excluding carboxylic acids is 3. The first-order chi connectivity index (χ1) is 19.2. The third-order valence-electron chi connectivity index (χ3n) is 7.31. The number of imide groups is 1. The molecular weight excluding hydrogens is 509 g/mol. The average molecular weight is 539 g/mol. The normalized spacial score (nSPS) is 22.1. The van der Waals surface area contributed by atoms with Gasteiger partial charge in [0, 0.05) is 31.9 Å². The standard InChI is InChI=1S/C27H30B6N4O4/c1-18(17-38)5-3-8-21(9-10-36(2)22-23(39)35-24(40)26(30,31)25(22,28)29)34-16-19-6-4-7-20(15-19)27(32,33)37-11-13-41-14-12-37/h3-9,15,17,22,34H,10-14,16H2,1-2H3,(H,35,39,40)/b8-3-,18-5+,21-9-. The van der Waals surface area contributed by atoms with Crippen molar-refractivity contribution in [2.45, 2.75) is 35.3 Å². The number of hydrogen-bond donors (Lipinski definition) is 2. The second-order valence-corrected chi connectivity index (χ2v) is 10.5. The third-order valence-corrected chi connectivity index (χ3v) is 7.31. The van der Waals surface area contributed by atoms with Gasteiger partial charge in [-0.1, -0.05) is 41.6 Å². The molecule has 200 valence electrons. The van der Waals surface area contributed by atoms with Gasteiger partial charge in [-0.15, -0.1) is 0 Å². The summed E-state index contributed by atoms with van der Waals surface area (Å²) < 4.78 is 5.42. The number of morpholine rings is 1. The summed E-state index contributed by atoms with van der Waals surface area (Å²) in [6.45, 7) is 4.66. The Kier molecular flexibility index (Phi) is 10.8. The Morgan fingerprint density at radius 2 is 1.90 bits per heavy atom. The van der Waals surface area contributed by atoms with E-state index in [0.717, 1.165) is 17.4 Å². The molecule has 2 aliphatic rings. The highest BCUT2D eigenvalue weighted by molar-refractivity contribution is 6.63. The maximum atomic E-state index is 12.6. The molecule has 1 aromatic rings. The minimum atomic E-state index is -2.17. The molecule has 2 saturated heterocycles. The number of hydrogen-bond acceptors (Lipinski definition) is 7. The van der Waals surface area contributed by atoms with Crippen LogP contribution in [0, 0.1) is 0 Å². The second kappa shape index (κ2) is 13.5. The number of allylic oxidation sites excluding steroid dienone is 4. The van der Waals surface area contributed by atoms with Crippen LogP contribution in [0.15, 0.2) is 59.8 Å². The van der Waals surface area contributed by atoms with Crippen LogP contribution in [0.1, 0.15) is 18.1 Å². The molecule has 2 aliphatic heterocycles. The lowest BCUT2D eigenvalue weighted by atomic mass is 9.26. The fourth-order valence-corrected chi connectivity index (χ4v) is 4.63. The Bertz CT molecular complexity index is 1230. The zero-order valence-electron chi connectivity index (χ0n) is 23.5. The summed E-state index contributed by atoms with van der Waals surface area (Å²) in [7, 11) is 38.7. The van der Waals surface area contributed by atoms with Crippen molar-refractivity contribution < 1.29 is 19.1 Å². The van der Waals surface area contributed by atoms with Crippen LogP contribution in [0.2, 0.25) is 10.4 Å². The average Bonchev–Trinajstić information content (AvgIpc) is 2.93. The molecule has 0 aliphatic carbocycles. The van der Waals surface area contributed by atoms with Gasteiger partial charge in [0.25, 0.3) is 0 Å². The topological polar surface area (TPSA) is 91.0 Å². The zero-order chi connectivity index (χ0) is 30.4. The fraction of sp³-hybridized carbons (Fsp3) is 0.444. The molecule has 0 spiro atoms. The van der Waals surface area contributed by atoms with Crippen LogP contribution in [-0.2, 0) is 31.0 Å². The van der Waals surface area contributed by atoms with Crippen molar-refractivity contribution in [1.82, 2.24) is 20.4 Å². The number of nitrogens with zero attached hydrogens (tertiary/aromatic N) is 2. The summed E-state index contributed by atoms with van der Waals surface area (Å²) in [4.78, 5) is 39.3. The minimum Gasteiger partial charge on any atom is -0.381 e. The lowest BCUT2D eigenvalue weighted by Gasteiger charge is -2.53. The third kappa shape index (κ3) is 7.59. The summed E-state index contributed by atoms with van der Waals surface area (Å²) >= 11 is 0. The molecule has 1 unspecified atom stereocenters. The van der Waals surface area contributed by atoms with E-state index in [0.29, 0.717) is 44.1 Å². The lowest BCUT2D eigenvalue weighted by Crippen LogP contribution is -2.66. The molecule has 8 nitrogen and oxygen atoms in total. The number of nitrogens with one attached hydrogen (secondary N) is 2. The van der Waals surface area contributed by atoms with Gasteiger partial charge >= 0.3 is 0 Å². The smallest absolute Gasteiger partial charge is 0.242 e. The van der Waals surface area contributed by atoms with Gasteiger partial charge < -0.3 is 15.0 Å². The SMILES string of the molecule is [B]C([B])(c1cccc(CNC(/C=C\C=C(/C)C=O)=C\CN(C)C2C(=O)NC(=O)C([B])([B])C2([B])[B])c1)N1CCOCC1. The van der Waals surface area contributed by atoms with Gasteiger partial charge in [-0.05, 0) is 53.4 Å². The van der Waals surface area contributed by atoms with Gasteiger partial charge in [-0.2, -0.15) is 0 Å². The van der Waals surface area contributed by atoms with E-state index in [1.807, 2.05) is 29.2 Å². The summed E-state index contributed by atoms with van der Waals surface area (Å²) in [5, 5.41) is 0.114. The first kappa shape index (κ1) is 32.8. The first-order valence-corrected chi connectivity index (χ1v) is 13.2. The molecule has 0 bridgehead atoms. The van der Waals surface area contributed by atoms with Crippen LogP contribution in [-0.4, -0.2) is 121 Å². The predicted molar refractivity (Wildman–Crippen MR) is 164 cm³/mol. The summed E-state index contributed by atoms with van der Waals surface area (Å²) in [6.07, 6.45) is 7.69. The number of aldehydes is 1. The van der Waals surface area contributed by atoms with Crippen LogP contribution in [0.4, 0.5) is 0 Å². The number of carbonyl (C=O) groups is 3. The van der Waals surface area contributed by atoms with Gasteiger partial charge in [0.15, 0.2) is 0 Å². The monoisotopic (exact) mass is 540 g/mol. The van der Waals surface area contributed by atoms with Crippen molar-refractivity contribution in [2.75, 3.05) is 39.9 Å². The van der Waals surface area contributed by atoms with Crippen LogP contribution in [0.3, 0.4) is 0 Å². The number of likely N-dealkylation sites (N-methyl/N-ethyl adjacent to an activating group) is 1. The predicted octanol–water partition coefficient (Wildman–Crippen LogP) is -0.996.